The molecule has 0 aliphatic carbocycles. The van der Waals surface area contributed by atoms with Crippen molar-refractivity contribution in [1.82, 2.24) is 4.90 Å². The summed E-state index contributed by atoms with van der Waals surface area (Å²) in [5.41, 5.74) is 2.34. The van der Waals surface area contributed by atoms with Gasteiger partial charge in [-0.05, 0) is 42.5 Å². The fourth-order valence-electron chi connectivity index (χ4n) is 4.00. The summed E-state index contributed by atoms with van der Waals surface area (Å²) in [7, 11) is 0. The van der Waals surface area contributed by atoms with Crippen molar-refractivity contribution >= 4 is 52.5 Å². The Bertz CT molecular complexity index is 1240. The zero-order chi connectivity index (χ0) is 24.9. The zero-order valence-corrected chi connectivity index (χ0v) is 21.1. The molecule has 0 saturated carbocycles. The second-order valence-corrected chi connectivity index (χ2v) is 9.40. The van der Waals surface area contributed by atoms with Crippen LogP contribution in [-0.4, -0.2) is 42.9 Å². The summed E-state index contributed by atoms with van der Waals surface area (Å²) in [4.78, 5) is 29.0. The second-order valence-electron chi connectivity index (χ2n) is 8.61. The number of anilines is 2. The van der Waals surface area contributed by atoms with Crippen LogP contribution in [0.4, 0.5) is 11.4 Å². The topological polar surface area (TPSA) is 65.8 Å². The van der Waals surface area contributed by atoms with Crippen molar-refractivity contribution in [1.29, 1.82) is 0 Å². The van der Waals surface area contributed by atoms with Crippen LogP contribution < -0.4 is 10.2 Å². The van der Waals surface area contributed by atoms with Gasteiger partial charge in [-0.2, -0.15) is 0 Å². The standard InChI is InChI=1S/C27H27Cl2N3O3/c1-18(2)27(34)32-16-14-31(15-17-32)23-9-4-3-8-22(23)30-25(33)13-11-19-10-12-24(35-19)20-6-5-7-21(28)26(20)29/h3-13,18H,14-17H2,1-2H3,(H,30,33). The first-order chi connectivity index (χ1) is 16.8. The molecule has 1 aromatic heterocycles. The van der Waals surface area contributed by atoms with Gasteiger partial charge in [0, 0.05) is 43.7 Å². The molecule has 182 valence electrons. The van der Waals surface area contributed by atoms with E-state index in [-0.39, 0.29) is 17.7 Å². The molecule has 0 spiro atoms. The number of piperazine rings is 1. The molecule has 8 heteroatoms. The van der Waals surface area contributed by atoms with E-state index in [1.807, 2.05) is 49.1 Å². The Labute approximate surface area is 215 Å². The largest absolute Gasteiger partial charge is 0.457 e. The number of carbonyl (C=O) groups is 2. The molecule has 0 atom stereocenters. The molecule has 6 nitrogen and oxygen atoms in total. The lowest BCUT2D eigenvalue weighted by Crippen LogP contribution is -2.50. The highest BCUT2D eigenvalue weighted by Crippen LogP contribution is 2.34. The van der Waals surface area contributed by atoms with Crippen LogP contribution in [0.15, 0.2) is 65.1 Å². The third-order valence-electron chi connectivity index (χ3n) is 5.83. The lowest BCUT2D eigenvalue weighted by Gasteiger charge is -2.37. The average molecular weight is 512 g/mol. The molecule has 35 heavy (non-hydrogen) atoms. The first-order valence-electron chi connectivity index (χ1n) is 11.5. The van der Waals surface area contributed by atoms with Gasteiger partial charge in [0.05, 0.1) is 21.4 Å². The number of amides is 2. The van der Waals surface area contributed by atoms with Gasteiger partial charge in [0.2, 0.25) is 11.8 Å². The minimum absolute atomic E-state index is 0.00682. The Kier molecular flexibility index (Phi) is 7.83. The van der Waals surface area contributed by atoms with Gasteiger partial charge in [0.15, 0.2) is 0 Å². The van der Waals surface area contributed by atoms with Gasteiger partial charge in [0.25, 0.3) is 0 Å². The van der Waals surface area contributed by atoms with E-state index in [0.29, 0.717) is 53.3 Å². The average Bonchev–Trinajstić information content (AvgIpc) is 3.33. The minimum Gasteiger partial charge on any atom is -0.457 e. The lowest BCUT2D eigenvalue weighted by atomic mass is 10.1. The van der Waals surface area contributed by atoms with Crippen LogP contribution in [0.1, 0.15) is 19.6 Å². The number of nitrogens with zero attached hydrogens (tertiary/aromatic N) is 2. The first kappa shape index (κ1) is 24.9. The van der Waals surface area contributed by atoms with Crippen LogP contribution in [0.2, 0.25) is 10.0 Å². The van der Waals surface area contributed by atoms with E-state index in [2.05, 4.69) is 10.2 Å². The van der Waals surface area contributed by atoms with E-state index in [1.165, 1.54) is 6.08 Å². The predicted octanol–water partition coefficient (Wildman–Crippen LogP) is 6.21. The first-order valence-corrected chi connectivity index (χ1v) is 12.2. The third-order valence-corrected chi connectivity index (χ3v) is 6.65. The minimum atomic E-state index is -0.273. The van der Waals surface area contributed by atoms with Crippen LogP contribution in [0.5, 0.6) is 0 Å². The molecule has 1 fully saturated rings. The summed E-state index contributed by atoms with van der Waals surface area (Å²) in [5, 5.41) is 3.82. The molecular formula is C27H27Cl2N3O3. The van der Waals surface area contributed by atoms with Gasteiger partial charge >= 0.3 is 0 Å². The van der Waals surface area contributed by atoms with Crippen molar-refractivity contribution in [3.8, 4) is 11.3 Å². The quantitative estimate of drug-likeness (QED) is 0.399. The predicted molar refractivity (Wildman–Crippen MR) is 142 cm³/mol. The summed E-state index contributed by atoms with van der Waals surface area (Å²) in [6, 6.07) is 16.6. The van der Waals surface area contributed by atoms with Crippen LogP contribution in [0.3, 0.4) is 0 Å². The van der Waals surface area contributed by atoms with Gasteiger partial charge in [-0.15, -0.1) is 0 Å². The van der Waals surface area contributed by atoms with Gasteiger partial charge in [-0.1, -0.05) is 55.2 Å². The number of benzene rings is 2. The van der Waals surface area contributed by atoms with E-state index >= 15 is 0 Å². The molecule has 2 aromatic carbocycles. The van der Waals surface area contributed by atoms with Crippen LogP contribution >= 0.6 is 23.2 Å². The van der Waals surface area contributed by atoms with E-state index in [4.69, 9.17) is 27.6 Å². The van der Waals surface area contributed by atoms with E-state index in [0.717, 1.165) is 11.4 Å². The molecule has 1 N–H and O–H groups in total. The Morgan fingerprint density at radius 2 is 1.71 bits per heavy atom. The number of para-hydroxylation sites is 2. The van der Waals surface area contributed by atoms with Crippen molar-refractivity contribution < 1.29 is 14.0 Å². The van der Waals surface area contributed by atoms with Crippen LogP contribution in [0.25, 0.3) is 17.4 Å². The third kappa shape index (κ3) is 5.89. The molecule has 0 bridgehead atoms. The Morgan fingerprint density at radius 1 is 0.971 bits per heavy atom. The van der Waals surface area contributed by atoms with Crippen molar-refractivity contribution in [3.63, 3.8) is 0 Å². The molecule has 4 rings (SSSR count). The summed E-state index contributed by atoms with van der Waals surface area (Å²) in [6.07, 6.45) is 3.04. The summed E-state index contributed by atoms with van der Waals surface area (Å²) in [6.45, 7) is 6.59. The molecule has 3 aromatic rings. The van der Waals surface area contributed by atoms with Crippen molar-refractivity contribution in [3.05, 3.63) is 76.5 Å². The smallest absolute Gasteiger partial charge is 0.248 e. The Balaban J connectivity index is 1.40. The van der Waals surface area contributed by atoms with Gasteiger partial charge < -0.3 is 19.5 Å². The van der Waals surface area contributed by atoms with Crippen molar-refractivity contribution in [2.75, 3.05) is 36.4 Å². The van der Waals surface area contributed by atoms with E-state index in [1.54, 1.807) is 30.3 Å². The maximum atomic E-state index is 12.7. The Hall–Kier alpha value is -3.22. The summed E-state index contributed by atoms with van der Waals surface area (Å²) in [5.74, 6) is 0.982. The lowest BCUT2D eigenvalue weighted by molar-refractivity contribution is -0.134. The number of hydrogen-bond acceptors (Lipinski definition) is 4. The maximum Gasteiger partial charge on any atom is 0.248 e. The number of carbonyl (C=O) groups excluding carboxylic acids is 2. The maximum absolute atomic E-state index is 12.7. The van der Waals surface area contributed by atoms with Crippen LogP contribution in [-0.2, 0) is 9.59 Å². The molecule has 1 aliphatic rings. The molecule has 1 aliphatic heterocycles. The normalized spacial score (nSPS) is 14.1. The fourth-order valence-corrected chi connectivity index (χ4v) is 4.40. The van der Waals surface area contributed by atoms with Crippen molar-refractivity contribution in [2.24, 2.45) is 5.92 Å². The van der Waals surface area contributed by atoms with Gasteiger partial charge in [-0.3, -0.25) is 9.59 Å². The molecule has 0 unspecified atom stereocenters. The molecule has 2 amide bonds. The van der Waals surface area contributed by atoms with E-state index < -0.39 is 0 Å². The summed E-state index contributed by atoms with van der Waals surface area (Å²) >= 11 is 12.4. The Morgan fingerprint density at radius 3 is 2.46 bits per heavy atom. The monoisotopic (exact) mass is 511 g/mol. The summed E-state index contributed by atoms with van der Waals surface area (Å²) < 4.78 is 5.82. The van der Waals surface area contributed by atoms with Crippen LogP contribution in [0, 0.1) is 5.92 Å². The van der Waals surface area contributed by atoms with Gasteiger partial charge in [0.1, 0.15) is 11.5 Å². The highest BCUT2D eigenvalue weighted by molar-refractivity contribution is 6.43. The number of halogens is 2. The fraction of sp³-hybridized carbons (Fsp3) is 0.259. The number of nitrogens with one attached hydrogen (secondary N) is 1. The van der Waals surface area contributed by atoms with Crippen molar-refractivity contribution in [2.45, 2.75) is 13.8 Å². The molecule has 1 saturated heterocycles. The number of furan rings is 1. The molecular weight excluding hydrogens is 485 g/mol. The molecule has 2 heterocycles. The highest BCUT2D eigenvalue weighted by Gasteiger charge is 2.24. The number of rotatable bonds is 6. The SMILES string of the molecule is CC(C)C(=O)N1CCN(c2ccccc2NC(=O)C=Cc2ccc(-c3cccc(Cl)c3Cl)o2)CC1. The van der Waals surface area contributed by atoms with Gasteiger partial charge in [-0.25, -0.2) is 0 Å². The number of hydrogen-bond donors (Lipinski definition) is 1. The zero-order valence-electron chi connectivity index (χ0n) is 19.6. The molecule has 0 radical (unpaired) electrons. The highest BCUT2D eigenvalue weighted by atomic mass is 35.5. The second kappa shape index (κ2) is 11.0. The van der Waals surface area contributed by atoms with E-state index in [9.17, 15) is 9.59 Å².